The normalized spacial score (nSPS) is 19.4. The zero-order valence-electron chi connectivity index (χ0n) is 14.0. The predicted molar refractivity (Wildman–Crippen MR) is 92.1 cm³/mol. The minimum Gasteiger partial charge on any atom is -0.493 e. The lowest BCUT2D eigenvalue weighted by molar-refractivity contribution is -0.119. The number of halogens is 2. The molecule has 8 heteroatoms. The van der Waals surface area contributed by atoms with E-state index in [2.05, 4.69) is 20.9 Å². The van der Waals surface area contributed by atoms with E-state index in [1.165, 1.54) is 19.2 Å². The molecule has 0 aliphatic carbocycles. The number of benzene rings is 2. The smallest absolute Gasteiger partial charge is 0.387 e. The van der Waals surface area contributed by atoms with Crippen molar-refractivity contribution < 1.29 is 23.0 Å². The molecular weight excluding hydrogens is 344 g/mol. The molecule has 3 rings (SSSR count). The molecule has 1 aliphatic rings. The van der Waals surface area contributed by atoms with Crippen LogP contribution in [0, 0.1) is 5.92 Å². The van der Waals surface area contributed by atoms with Gasteiger partial charge in [0.15, 0.2) is 11.5 Å². The molecule has 0 saturated carbocycles. The average molecular weight is 363 g/mol. The van der Waals surface area contributed by atoms with Gasteiger partial charge in [-0.05, 0) is 17.7 Å². The second-order valence-corrected chi connectivity index (χ2v) is 5.75. The molecule has 26 heavy (non-hydrogen) atoms. The summed E-state index contributed by atoms with van der Waals surface area (Å²) < 4.78 is 34.5. The molecule has 6 nitrogen and oxygen atoms in total. The number of amides is 1. The molecule has 138 valence electrons. The lowest BCUT2D eigenvalue weighted by Gasteiger charge is -2.19. The van der Waals surface area contributed by atoms with Crippen molar-refractivity contribution in [1.29, 1.82) is 0 Å². The Morgan fingerprint density at radius 3 is 2.65 bits per heavy atom. The summed E-state index contributed by atoms with van der Waals surface area (Å²) in [6, 6.07) is 13.8. The second-order valence-electron chi connectivity index (χ2n) is 5.75. The van der Waals surface area contributed by atoms with E-state index >= 15 is 0 Å². The van der Waals surface area contributed by atoms with Crippen LogP contribution in [0.1, 0.15) is 11.6 Å². The SMILES string of the molecule is COc1ccc(NC(=O)C2CNNC2c2ccccc2)cc1OC(F)F. The van der Waals surface area contributed by atoms with Crippen LogP contribution in [0.2, 0.25) is 0 Å². The number of hydrogen-bond acceptors (Lipinski definition) is 5. The van der Waals surface area contributed by atoms with Gasteiger partial charge in [0, 0.05) is 18.3 Å². The first-order valence-corrected chi connectivity index (χ1v) is 8.05. The zero-order valence-corrected chi connectivity index (χ0v) is 14.0. The highest BCUT2D eigenvalue weighted by Crippen LogP contribution is 2.32. The van der Waals surface area contributed by atoms with E-state index < -0.39 is 6.61 Å². The van der Waals surface area contributed by atoms with Gasteiger partial charge >= 0.3 is 6.61 Å². The Labute approximate surface area is 149 Å². The number of anilines is 1. The van der Waals surface area contributed by atoms with E-state index in [0.717, 1.165) is 5.56 Å². The summed E-state index contributed by atoms with van der Waals surface area (Å²) in [4.78, 5) is 12.7. The number of rotatable bonds is 6. The van der Waals surface area contributed by atoms with Crippen LogP contribution >= 0.6 is 0 Å². The summed E-state index contributed by atoms with van der Waals surface area (Å²) >= 11 is 0. The number of carbonyl (C=O) groups is 1. The van der Waals surface area contributed by atoms with Gasteiger partial charge in [0.05, 0.1) is 19.1 Å². The van der Waals surface area contributed by atoms with Gasteiger partial charge in [-0.3, -0.25) is 10.2 Å². The van der Waals surface area contributed by atoms with Crippen molar-refractivity contribution in [2.24, 2.45) is 5.92 Å². The number of methoxy groups -OCH3 is 1. The third-order valence-corrected chi connectivity index (χ3v) is 4.12. The van der Waals surface area contributed by atoms with Gasteiger partial charge in [0.2, 0.25) is 5.91 Å². The van der Waals surface area contributed by atoms with E-state index in [1.54, 1.807) is 6.07 Å². The van der Waals surface area contributed by atoms with Gasteiger partial charge in [-0.25, -0.2) is 5.43 Å². The molecule has 0 aromatic heterocycles. The summed E-state index contributed by atoms with van der Waals surface area (Å²) in [7, 11) is 1.35. The Morgan fingerprint density at radius 2 is 1.96 bits per heavy atom. The van der Waals surface area contributed by atoms with Gasteiger partial charge < -0.3 is 14.8 Å². The van der Waals surface area contributed by atoms with Crippen LogP contribution in [0.25, 0.3) is 0 Å². The molecule has 0 spiro atoms. The second kappa shape index (κ2) is 8.11. The molecule has 3 N–H and O–H groups in total. The van der Waals surface area contributed by atoms with Gasteiger partial charge in [-0.1, -0.05) is 30.3 Å². The molecule has 1 amide bonds. The van der Waals surface area contributed by atoms with Crippen molar-refractivity contribution in [3.8, 4) is 11.5 Å². The molecule has 1 aliphatic heterocycles. The maximum absolute atomic E-state index is 12.7. The quantitative estimate of drug-likeness (QED) is 0.736. The molecular formula is C18H19F2N3O3. The summed E-state index contributed by atoms with van der Waals surface area (Å²) in [6.45, 7) is -2.54. The number of ether oxygens (including phenoxy) is 2. The van der Waals surface area contributed by atoms with Crippen LogP contribution in [0.4, 0.5) is 14.5 Å². The Kier molecular flexibility index (Phi) is 5.65. The fourth-order valence-corrected chi connectivity index (χ4v) is 2.89. The van der Waals surface area contributed by atoms with Crippen molar-refractivity contribution in [3.63, 3.8) is 0 Å². The van der Waals surface area contributed by atoms with Crippen LogP contribution in [0.5, 0.6) is 11.5 Å². The van der Waals surface area contributed by atoms with Crippen molar-refractivity contribution >= 4 is 11.6 Å². The summed E-state index contributed by atoms with van der Waals surface area (Å²) in [6.07, 6.45) is 0. The van der Waals surface area contributed by atoms with Crippen molar-refractivity contribution in [2.75, 3.05) is 19.0 Å². The highest BCUT2D eigenvalue weighted by molar-refractivity contribution is 5.93. The van der Waals surface area contributed by atoms with E-state index in [-0.39, 0.29) is 29.4 Å². The third kappa shape index (κ3) is 4.09. The number of hydrazine groups is 1. The van der Waals surface area contributed by atoms with Crippen LogP contribution in [0.3, 0.4) is 0 Å². The van der Waals surface area contributed by atoms with Crippen molar-refractivity contribution in [3.05, 3.63) is 54.1 Å². The number of carbonyl (C=O) groups excluding carboxylic acids is 1. The average Bonchev–Trinajstić information content (AvgIpc) is 3.12. The maximum Gasteiger partial charge on any atom is 0.387 e. The summed E-state index contributed by atoms with van der Waals surface area (Å²) in [5.41, 5.74) is 7.41. The van der Waals surface area contributed by atoms with Crippen LogP contribution in [-0.4, -0.2) is 26.2 Å². The fraction of sp³-hybridized carbons (Fsp3) is 0.278. The summed E-state index contributed by atoms with van der Waals surface area (Å²) in [5, 5.41) is 2.75. The minimum atomic E-state index is -2.99. The molecule has 2 unspecified atom stereocenters. The Hall–Kier alpha value is -2.71. The number of alkyl halides is 2. The van der Waals surface area contributed by atoms with Gasteiger partial charge in [-0.15, -0.1) is 0 Å². The standard InChI is InChI=1S/C18H19F2N3O3/c1-25-14-8-7-12(9-15(14)26-18(19)20)22-17(24)13-10-21-23-16(13)11-5-3-2-4-6-11/h2-9,13,16,18,21,23H,10H2,1H3,(H,22,24). The zero-order chi connectivity index (χ0) is 18.5. The molecule has 2 atom stereocenters. The molecule has 1 heterocycles. The van der Waals surface area contributed by atoms with Crippen LogP contribution in [-0.2, 0) is 4.79 Å². The minimum absolute atomic E-state index is 0.136. The number of hydrogen-bond donors (Lipinski definition) is 3. The topological polar surface area (TPSA) is 71.6 Å². The molecule has 2 aromatic rings. The van der Waals surface area contributed by atoms with Gasteiger partial charge in [0.1, 0.15) is 0 Å². The van der Waals surface area contributed by atoms with Crippen molar-refractivity contribution in [2.45, 2.75) is 12.7 Å². The van der Waals surface area contributed by atoms with E-state index in [9.17, 15) is 13.6 Å². The lowest BCUT2D eigenvalue weighted by Crippen LogP contribution is -2.29. The molecule has 1 saturated heterocycles. The van der Waals surface area contributed by atoms with Gasteiger partial charge in [0.25, 0.3) is 0 Å². The van der Waals surface area contributed by atoms with E-state index in [1.807, 2.05) is 30.3 Å². The molecule has 2 aromatic carbocycles. The van der Waals surface area contributed by atoms with E-state index in [4.69, 9.17) is 4.74 Å². The third-order valence-electron chi connectivity index (χ3n) is 4.12. The monoisotopic (exact) mass is 363 g/mol. The Balaban J connectivity index is 1.75. The Morgan fingerprint density at radius 1 is 1.19 bits per heavy atom. The summed E-state index contributed by atoms with van der Waals surface area (Å²) in [5.74, 6) is -0.569. The largest absolute Gasteiger partial charge is 0.493 e. The van der Waals surface area contributed by atoms with Crippen molar-refractivity contribution in [1.82, 2.24) is 10.9 Å². The first-order chi connectivity index (χ1) is 12.6. The van der Waals surface area contributed by atoms with Crippen LogP contribution < -0.4 is 25.6 Å². The number of nitrogens with one attached hydrogen (secondary N) is 3. The molecule has 1 fully saturated rings. The highest BCUT2D eigenvalue weighted by atomic mass is 19.3. The molecule has 0 radical (unpaired) electrons. The lowest BCUT2D eigenvalue weighted by atomic mass is 9.94. The predicted octanol–water partition coefficient (Wildman–Crippen LogP) is 2.70. The first kappa shape index (κ1) is 18.1. The molecule has 0 bridgehead atoms. The van der Waals surface area contributed by atoms with E-state index in [0.29, 0.717) is 12.2 Å². The first-order valence-electron chi connectivity index (χ1n) is 8.05. The maximum atomic E-state index is 12.7. The van der Waals surface area contributed by atoms with Gasteiger partial charge in [-0.2, -0.15) is 8.78 Å². The fourth-order valence-electron chi connectivity index (χ4n) is 2.89. The van der Waals surface area contributed by atoms with Crippen LogP contribution in [0.15, 0.2) is 48.5 Å². The Bertz CT molecular complexity index is 759. The highest BCUT2D eigenvalue weighted by Gasteiger charge is 2.34.